The molecule has 1 aromatic heterocycles. The number of nitrogens with zero attached hydrogens (tertiary/aromatic N) is 2. The normalized spacial score (nSPS) is 12.4. The molecule has 0 spiro atoms. The Balaban J connectivity index is 2.28. The Morgan fingerprint density at radius 3 is 2.67 bits per heavy atom. The highest BCUT2D eigenvalue weighted by atomic mass is 16.6. The number of carbonyl (C=O) groups is 2. The van der Waals surface area contributed by atoms with Crippen LogP contribution < -0.4 is 5.32 Å². The molecule has 0 fully saturated rings. The van der Waals surface area contributed by atoms with E-state index in [0.717, 1.165) is 5.69 Å². The molecule has 0 saturated carbocycles. The molecule has 1 rings (SSSR count). The van der Waals surface area contributed by atoms with Crippen molar-refractivity contribution in [2.24, 2.45) is 0 Å². The number of aliphatic hydroxyl groups is 1. The number of hydrogen-bond donors (Lipinski definition) is 2. The van der Waals surface area contributed by atoms with Crippen LogP contribution in [0, 0.1) is 0 Å². The summed E-state index contributed by atoms with van der Waals surface area (Å²) in [5.74, 6) is -0.0861. The first-order valence-corrected chi connectivity index (χ1v) is 7.96. The molecule has 2 amide bonds. The first kappa shape index (κ1) is 19.9. The van der Waals surface area contributed by atoms with Gasteiger partial charge in [0.15, 0.2) is 0 Å². The summed E-state index contributed by atoms with van der Waals surface area (Å²) in [6.45, 7) is 5.44. The molecule has 24 heavy (non-hydrogen) atoms. The molecular formula is C17H27N3O4. The minimum absolute atomic E-state index is 0.0206. The summed E-state index contributed by atoms with van der Waals surface area (Å²) in [5.41, 5.74) is 0.263. The highest BCUT2D eigenvalue weighted by molar-refractivity contribution is 5.76. The molecule has 0 aliphatic carbocycles. The molecule has 2 N–H and O–H groups in total. The minimum atomic E-state index is -0.860. The maximum Gasteiger partial charge on any atom is 0.407 e. The van der Waals surface area contributed by atoms with Gasteiger partial charge >= 0.3 is 6.09 Å². The van der Waals surface area contributed by atoms with Gasteiger partial charge in [0, 0.05) is 38.4 Å². The molecule has 1 atom stereocenters. The van der Waals surface area contributed by atoms with E-state index in [1.807, 2.05) is 18.2 Å². The molecule has 0 aliphatic heterocycles. The zero-order valence-electron chi connectivity index (χ0n) is 14.8. The second-order valence-corrected chi connectivity index (χ2v) is 6.63. The molecule has 1 unspecified atom stereocenters. The van der Waals surface area contributed by atoms with Crippen LogP contribution in [-0.2, 0) is 16.0 Å². The monoisotopic (exact) mass is 337 g/mol. The summed E-state index contributed by atoms with van der Waals surface area (Å²) in [5, 5.41) is 12.4. The third-order valence-electron chi connectivity index (χ3n) is 3.11. The third kappa shape index (κ3) is 8.47. The second-order valence-electron chi connectivity index (χ2n) is 6.63. The summed E-state index contributed by atoms with van der Waals surface area (Å²) in [6, 6.07) is 5.57. The van der Waals surface area contributed by atoms with E-state index in [-0.39, 0.29) is 19.0 Å². The smallest absolute Gasteiger partial charge is 0.407 e. The predicted molar refractivity (Wildman–Crippen MR) is 90.4 cm³/mol. The van der Waals surface area contributed by atoms with Crippen LogP contribution in [0.25, 0.3) is 0 Å². The fourth-order valence-corrected chi connectivity index (χ4v) is 1.97. The van der Waals surface area contributed by atoms with Crippen LogP contribution in [0.3, 0.4) is 0 Å². The van der Waals surface area contributed by atoms with Gasteiger partial charge in [0.2, 0.25) is 5.91 Å². The van der Waals surface area contributed by atoms with Gasteiger partial charge in [-0.1, -0.05) is 6.07 Å². The Morgan fingerprint density at radius 2 is 2.08 bits per heavy atom. The number of aliphatic hydroxyl groups excluding tert-OH is 1. The Labute approximate surface area is 143 Å². The SMILES string of the molecule is CN(CC(O)CNC(=O)OC(C)(C)C)C(=O)CCc1ccccn1. The van der Waals surface area contributed by atoms with Gasteiger partial charge in [0.1, 0.15) is 5.60 Å². The lowest BCUT2D eigenvalue weighted by molar-refractivity contribution is -0.131. The maximum absolute atomic E-state index is 12.1. The third-order valence-corrected chi connectivity index (χ3v) is 3.11. The van der Waals surface area contributed by atoms with Crippen molar-refractivity contribution in [3.8, 4) is 0 Å². The largest absolute Gasteiger partial charge is 0.444 e. The summed E-state index contributed by atoms with van der Waals surface area (Å²) in [7, 11) is 1.62. The van der Waals surface area contributed by atoms with Crippen LogP contribution in [0.4, 0.5) is 4.79 Å². The molecular weight excluding hydrogens is 310 g/mol. The van der Waals surface area contributed by atoms with Gasteiger partial charge in [-0.3, -0.25) is 9.78 Å². The number of amides is 2. The number of aromatic nitrogens is 1. The zero-order valence-corrected chi connectivity index (χ0v) is 14.8. The Morgan fingerprint density at radius 1 is 1.38 bits per heavy atom. The summed E-state index contributed by atoms with van der Waals surface area (Å²) >= 11 is 0. The van der Waals surface area contributed by atoms with Crippen molar-refractivity contribution < 1.29 is 19.4 Å². The van der Waals surface area contributed by atoms with Crippen LogP contribution >= 0.6 is 0 Å². The van der Waals surface area contributed by atoms with E-state index in [9.17, 15) is 14.7 Å². The fourth-order valence-electron chi connectivity index (χ4n) is 1.97. The number of rotatable bonds is 7. The van der Waals surface area contributed by atoms with Crippen LogP contribution in [-0.4, -0.2) is 58.8 Å². The minimum Gasteiger partial charge on any atom is -0.444 e. The van der Waals surface area contributed by atoms with Gasteiger partial charge in [-0.2, -0.15) is 0 Å². The van der Waals surface area contributed by atoms with Gasteiger partial charge in [-0.15, -0.1) is 0 Å². The van der Waals surface area contributed by atoms with Gasteiger partial charge in [0.25, 0.3) is 0 Å². The van der Waals surface area contributed by atoms with Gasteiger partial charge < -0.3 is 20.1 Å². The lowest BCUT2D eigenvalue weighted by Gasteiger charge is -2.23. The number of pyridine rings is 1. The first-order chi connectivity index (χ1) is 11.2. The average Bonchev–Trinajstić information content (AvgIpc) is 2.50. The van der Waals surface area contributed by atoms with E-state index < -0.39 is 17.8 Å². The Bertz CT molecular complexity index is 528. The number of likely N-dealkylation sites (N-methyl/N-ethyl adjacent to an activating group) is 1. The molecule has 0 aliphatic rings. The molecule has 134 valence electrons. The second kappa shape index (κ2) is 9.22. The lowest BCUT2D eigenvalue weighted by Crippen LogP contribution is -2.42. The van der Waals surface area contributed by atoms with Crippen molar-refractivity contribution in [2.45, 2.75) is 45.3 Å². The molecule has 7 heteroatoms. The number of aryl methyl sites for hydroxylation is 1. The van der Waals surface area contributed by atoms with Crippen molar-refractivity contribution in [1.82, 2.24) is 15.2 Å². The van der Waals surface area contributed by atoms with Crippen molar-refractivity contribution in [3.05, 3.63) is 30.1 Å². The maximum atomic E-state index is 12.1. The molecule has 0 aromatic carbocycles. The number of nitrogens with one attached hydrogen (secondary N) is 1. The molecule has 0 radical (unpaired) electrons. The molecule has 0 bridgehead atoms. The lowest BCUT2D eigenvalue weighted by atomic mass is 10.2. The quantitative estimate of drug-likeness (QED) is 0.784. The van der Waals surface area contributed by atoms with Crippen molar-refractivity contribution >= 4 is 12.0 Å². The molecule has 0 saturated heterocycles. The molecule has 1 heterocycles. The van der Waals surface area contributed by atoms with Gasteiger partial charge in [-0.25, -0.2) is 4.79 Å². The fraction of sp³-hybridized carbons (Fsp3) is 0.588. The summed E-state index contributed by atoms with van der Waals surface area (Å²) in [6.07, 6.45) is 1.11. The zero-order chi connectivity index (χ0) is 18.2. The highest BCUT2D eigenvalue weighted by Crippen LogP contribution is 2.06. The number of ether oxygens (including phenoxy) is 1. The summed E-state index contributed by atoms with van der Waals surface area (Å²) in [4.78, 5) is 29.2. The number of alkyl carbamates (subject to hydrolysis) is 1. The first-order valence-electron chi connectivity index (χ1n) is 7.96. The van der Waals surface area contributed by atoms with Crippen LogP contribution in [0.5, 0.6) is 0 Å². The Hall–Kier alpha value is -2.15. The summed E-state index contributed by atoms with van der Waals surface area (Å²) < 4.78 is 5.08. The van der Waals surface area contributed by atoms with E-state index in [1.54, 1.807) is 34.0 Å². The topological polar surface area (TPSA) is 91.8 Å². The molecule has 7 nitrogen and oxygen atoms in total. The van der Waals surface area contributed by atoms with Crippen molar-refractivity contribution in [2.75, 3.05) is 20.1 Å². The van der Waals surface area contributed by atoms with E-state index in [0.29, 0.717) is 12.8 Å². The Kier molecular flexibility index (Phi) is 7.64. The van der Waals surface area contributed by atoms with Gasteiger partial charge in [-0.05, 0) is 39.3 Å². The van der Waals surface area contributed by atoms with Crippen molar-refractivity contribution in [3.63, 3.8) is 0 Å². The van der Waals surface area contributed by atoms with E-state index >= 15 is 0 Å². The van der Waals surface area contributed by atoms with Crippen LogP contribution in [0.15, 0.2) is 24.4 Å². The van der Waals surface area contributed by atoms with Gasteiger partial charge in [0.05, 0.1) is 6.10 Å². The van der Waals surface area contributed by atoms with E-state index in [1.165, 1.54) is 4.90 Å². The van der Waals surface area contributed by atoms with E-state index in [4.69, 9.17) is 4.74 Å². The van der Waals surface area contributed by atoms with Crippen LogP contribution in [0.1, 0.15) is 32.9 Å². The average molecular weight is 337 g/mol. The molecule has 1 aromatic rings. The standard InChI is InChI=1S/C17H27N3O4/c1-17(2,3)24-16(23)19-11-14(21)12-20(4)15(22)9-8-13-7-5-6-10-18-13/h5-7,10,14,21H,8-9,11-12H2,1-4H3,(H,19,23). The number of carbonyl (C=O) groups excluding carboxylic acids is 2. The predicted octanol–water partition coefficient (Wildman–Crippen LogP) is 1.36. The van der Waals surface area contributed by atoms with E-state index in [2.05, 4.69) is 10.3 Å². The highest BCUT2D eigenvalue weighted by Gasteiger charge is 2.18. The van der Waals surface area contributed by atoms with Crippen LogP contribution in [0.2, 0.25) is 0 Å². The number of hydrogen-bond acceptors (Lipinski definition) is 5. The van der Waals surface area contributed by atoms with Crippen molar-refractivity contribution in [1.29, 1.82) is 0 Å².